The van der Waals surface area contributed by atoms with Crippen LogP contribution < -0.4 is 4.90 Å². The lowest BCUT2D eigenvalue weighted by molar-refractivity contribution is -0.150. The number of aliphatic carboxylic acids is 1. The van der Waals surface area contributed by atoms with Gasteiger partial charge in [0, 0.05) is 20.1 Å². The Morgan fingerprint density at radius 3 is 2.53 bits per heavy atom. The van der Waals surface area contributed by atoms with Crippen molar-refractivity contribution in [3.63, 3.8) is 0 Å². The van der Waals surface area contributed by atoms with Crippen LogP contribution >= 0.6 is 0 Å². The van der Waals surface area contributed by atoms with Crippen LogP contribution in [0.25, 0.3) is 0 Å². The molecule has 0 radical (unpaired) electrons. The van der Waals surface area contributed by atoms with Crippen molar-refractivity contribution < 1.29 is 9.90 Å². The molecule has 2 rings (SSSR count). The fourth-order valence-corrected chi connectivity index (χ4v) is 2.35. The number of aryl methyl sites for hydroxylation is 1. The van der Waals surface area contributed by atoms with Gasteiger partial charge in [-0.25, -0.2) is 4.68 Å². The number of piperidine rings is 1. The molecule has 0 aromatic carbocycles. The molecular formula is C10H17N5O2. The molecule has 17 heavy (non-hydrogen) atoms. The zero-order valence-corrected chi connectivity index (χ0v) is 10.1. The van der Waals surface area contributed by atoms with E-state index in [0.717, 1.165) is 0 Å². The third kappa shape index (κ3) is 1.96. The molecule has 1 aromatic rings. The van der Waals surface area contributed by atoms with E-state index >= 15 is 0 Å². The summed E-state index contributed by atoms with van der Waals surface area (Å²) in [5.74, 6) is 0.0239. The Morgan fingerprint density at radius 2 is 2.12 bits per heavy atom. The molecule has 2 heterocycles. The zero-order chi connectivity index (χ0) is 12.5. The number of nitrogens with zero attached hydrogens (tertiary/aromatic N) is 5. The number of hydrogen-bond donors (Lipinski definition) is 1. The lowest BCUT2D eigenvalue weighted by Gasteiger charge is -2.38. The van der Waals surface area contributed by atoms with Crippen LogP contribution in [0.15, 0.2) is 0 Å². The Hall–Kier alpha value is -1.66. The molecule has 1 aliphatic rings. The topological polar surface area (TPSA) is 84.1 Å². The first-order valence-corrected chi connectivity index (χ1v) is 5.80. The average Bonchev–Trinajstić information content (AvgIpc) is 2.75. The van der Waals surface area contributed by atoms with E-state index in [1.807, 2.05) is 11.8 Å². The Morgan fingerprint density at radius 1 is 1.47 bits per heavy atom. The molecule has 0 bridgehead atoms. The summed E-state index contributed by atoms with van der Waals surface area (Å²) < 4.78 is 1.61. The van der Waals surface area contributed by atoms with Crippen molar-refractivity contribution in [2.45, 2.75) is 26.2 Å². The monoisotopic (exact) mass is 239 g/mol. The Kier molecular flexibility index (Phi) is 2.99. The molecule has 1 aromatic heterocycles. The van der Waals surface area contributed by atoms with Gasteiger partial charge < -0.3 is 10.0 Å². The fourth-order valence-electron chi connectivity index (χ4n) is 2.35. The van der Waals surface area contributed by atoms with E-state index in [2.05, 4.69) is 15.5 Å². The smallest absolute Gasteiger partial charge is 0.309 e. The van der Waals surface area contributed by atoms with E-state index in [0.29, 0.717) is 38.3 Å². The number of rotatable bonds is 3. The van der Waals surface area contributed by atoms with E-state index in [4.69, 9.17) is 0 Å². The Bertz CT molecular complexity index is 409. The van der Waals surface area contributed by atoms with Gasteiger partial charge in [-0.3, -0.25) is 4.79 Å². The highest BCUT2D eigenvalue weighted by Crippen LogP contribution is 2.35. The fraction of sp³-hybridized carbons (Fsp3) is 0.800. The van der Waals surface area contributed by atoms with Crippen molar-refractivity contribution in [3.05, 3.63) is 0 Å². The second kappa shape index (κ2) is 4.31. The number of carboxylic acid groups (broad SMARTS) is 1. The number of tetrazole rings is 1. The van der Waals surface area contributed by atoms with E-state index in [1.54, 1.807) is 11.7 Å². The Labute approximate surface area is 99.4 Å². The second-order valence-corrected chi connectivity index (χ2v) is 4.53. The third-order valence-corrected chi connectivity index (χ3v) is 3.73. The minimum absolute atomic E-state index is 0.567. The minimum atomic E-state index is -0.684. The average molecular weight is 239 g/mol. The predicted molar refractivity (Wildman–Crippen MR) is 60.6 cm³/mol. The van der Waals surface area contributed by atoms with Crippen molar-refractivity contribution in [1.82, 2.24) is 20.2 Å². The summed E-state index contributed by atoms with van der Waals surface area (Å²) in [5, 5.41) is 20.6. The molecule has 1 aliphatic heterocycles. The normalized spacial score (nSPS) is 19.3. The maximum atomic E-state index is 11.3. The third-order valence-electron chi connectivity index (χ3n) is 3.73. The van der Waals surface area contributed by atoms with Crippen LogP contribution in [0.2, 0.25) is 0 Å². The highest BCUT2D eigenvalue weighted by atomic mass is 16.4. The van der Waals surface area contributed by atoms with Crippen molar-refractivity contribution in [1.29, 1.82) is 0 Å². The number of anilines is 1. The summed E-state index contributed by atoms with van der Waals surface area (Å²) in [7, 11) is 1.79. The molecule has 1 saturated heterocycles. The summed E-state index contributed by atoms with van der Waals surface area (Å²) in [5.41, 5.74) is -0.567. The number of hydrogen-bond acceptors (Lipinski definition) is 5. The minimum Gasteiger partial charge on any atom is -0.481 e. The quantitative estimate of drug-likeness (QED) is 0.816. The molecule has 0 spiro atoms. The molecular weight excluding hydrogens is 222 g/mol. The predicted octanol–water partition coefficient (Wildman–Crippen LogP) is 0.291. The van der Waals surface area contributed by atoms with Crippen LogP contribution in [0.3, 0.4) is 0 Å². The summed E-state index contributed by atoms with van der Waals surface area (Å²) in [6, 6.07) is 0. The van der Waals surface area contributed by atoms with Gasteiger partial charge in [-0.05, 0) is 29.7 Å². The molecule has 0 unspecified atom stereocenters. The van der Waals surface area contributed by atoms with Crippen LogP contribution in [0.1, 0.15) is 26.2 Å². The summed E-state index contributed by atoms with van der Waals surface area (Å²) in [6.45, 7) is 3.32. The van der Waals surface area contributed by atoms with Gasteiger partial charge in [-0.2, -0.15) is 0 Å². The Balaban J connectivity index is 2.08. The molecule has 0 saturated carbocycles. The highest BCUT2D eigenvalue weighted by Gasteiger charge is 2.40. The maximum absolute atomic E-state index is 11.3. The zero-order valence-electron chi connectivity index (χ0n) is 10.1. The molecule has 0 amide bonds. The lowest BCUT2D eigenvalue weighted by atomic mass is 9.76. The van der Waals surface area contributed by atoms with Gasteiger partial charge in [0.15, 0.2) is 0 Å². The molecule has 1 fully saturated rings. The first-order valence-electron chi connectivity index (χ1n) is 5.80. The van der Waals surface area contributed by atoms with Crippen LogP contribution in [-0.4, -0.2) is 44.4 Å². The first-order chi connectivity index (χ1) is 8.09. The van der Waals surface area contributed by atoms with E-state index < -0.39 is 11.4 Å². The van der Waals surface area contributed by atoms with Crippen molar-refractivity contribution in [2.24, 2.45) is 12.5 Å². The largest absolute Gasteiger partial charge is 0.481 e. The molecule has 1 N–H and O–H groups in total. The van der Waals surface area contributed by atoms with Crippen LogP contribution in [-0.2, 0) is 11.8 Å². The number of aromatic nitrogens is 4. The van der Waals surface area contributed by atoms with Gasteiger partial charge in [0.25, 0.3) is 0 Å². The van der Waals surface area contributed by atoms with Crippen LogP contribution in [0.5, 0.6) is 0 Å². The van der Waals surface area contributed by atoms with Crippen molar-refractivity contribution in [2.75, 3.05) is 18.0 Å². The molecule has 7 heteroatoms. The number of carbonyl (C=O) groups is 1. The van der Waals surface area contributed by atoms with Gasteiger partial charge in [-0.15, -0.1) is 0 Å². The molecule has 0 aliphatic carbocycles. The summed E-state index contributed by atoms with van der Waals surface area (Å²) in [4.78, 5) is 13.3. The first kappa shape index (κ1) is 11.8. The SMILES string of the molecule is CCC1(C(=O)O)CCN(c2nnnn2C)CC1. The number of carboxylic acids is 1. The lowest BCUT2D eigenvalue weighted by Crippen LogP contribution is -2.44. The standard InChI is InChI=1S/C10H17N5O2/c1-3-10(8(16)17)4-6-15(7-5-10)9-11-12-13-14(9)2/h3-7H2,1-2H3,(H,16,17). The maximum Gasteiger partial charge on any atom is 0.309 e. The van der Waals surface area contributed by atoms with Crippen molar-refractivity contribution >= 4 is 11.9 Å². The van der Waals surface area contributed by atoms with E-state index in [-0.39, 0.29) is 0 Å². The van der Waals surface area contributed by atoms with Gasteiger partial charge in [0.1, 0.15) is 0 Å². The second-order valence-electron chi connectivity index (χ2n) is 4.53. The van der Waals surface area contributed by atoms with Gasteiger partial charge in [0.05, 0.1) is 5.41 Å². The highest BCUT2D eigenvalue weighted by molar-refractivity contribution is 5.75. The van der Waals surface area contributed by atoms with E-state index in [1.165, 1.54) is 0 Å². The van der Waals surface area contributed by atoms with Crippen molar-refractivity contribution in [3.8, 4) is 0 Å². The molecule has 94 valence electrons. The summed E-state index contributed by atoms with van der Waals surface area (Å²) >= 11 is 0. The molecule has 0 atom stereocenters. The van der Waals surface area contributed by atoms with Gasteiger partial charge in [-0.1, -0.05) is 12.0 Å². The van der Waals surface area contributed by atoms with Crippen LogP contribution in [0.4, 0.5) is 5.95 Å². The van der Waals surface area contributed by atoms with Gasteiger partial charge >= 0.3 is 5.97 Å². The van der Waals surface area contributed by atoms with E-state index in [9.17, 15) is 9.90 Å². The molecule has 7 nitrogen and oxygen atoms in total. The van der Waals surface area contributed by atoms with Crippen LogP contribution in [0, 0.1) is 5.41 Å². The summed E-state index contributed by atoms with van der Waals surface area (Å²) in [6.07, 6.45) is 1.96. The van der Waals surface area contributed by atoms with Gasteiger partial charge in [0.2, 0.25) is 5.95 Å².